The Bertz CT molecular complexity index is 156. The first-order valence-electron chi connectivity index (χ1n) is 4.81. The van der Waals surface area contributed by atoms with Crippen LogP contribution in [-0.2, 0) is 14.6 Å². The topological polar surface area (TPSA) is 76.0 Å². The van der Waals surface area contributed by atoms with Gasteiger partial charge in [0.2, 0.25) is 0 Å². The summed E-state index contributed by atoms with van der Waals surface area (Å²) < 4.78 is 0. The molecule has 0 radical (unpaired) electrons. The molecule has 0 aliphatic rings. The van der Waals surface area contributed by atoms with Crippen LogP contribution in [0, 0.1) is 0 Å². The molecule has 0 saturated carbocycles. The van der Waals surface area contributed by atoms with Gasteiger partial charge in [-0.05, 0) is 12.8 Å². The lowest BCUT2D eigenvalue weighted by atomic mass is 10.2. The molecule has 0 rings (SSSR count). The van der Waals surface area contributed by atoms with E-state index in [0.29, 0.717) is 6.42 Å². The molecule has 0 saturated heterocycles. The van der Waals surface area contributed by atoms with Gasteiger partial charge in [0.05, 0.1) is 7.11 Å². The lowest BCUT2D eigenvalue weighted by Crippen LogP contribution is -2.02. The minimum Gasteiger partial charge on any atom is -0.368 e. The summed E-state index contributed by atoms with van der Waals surface area (Å²) in [7, 11) is 1.25. The summed E-state index contributed by atoms with van der Waals surface area (Å²) >= 11 is 0. The summed E-state index contributed by atoms with van der Waals surface area (Å²) in [4.78, 5) is 17.9. The van der Waals surface area contributed by atoms with Gasteiger partial charge in [0, 0.05) is 6.08 Å². The van der Waals surface area contributed by atoms with Gasteiger partial charge in [-0.25, -0.2) is 4.79 Å². The Balaban J connectivity index is 0. The number of aliphatic hydroxyl groups is 2. The summed E-state index contributed by atoms with van der Waals surface area (Å²) in [5.41, 5.74) is 0. The van der Waals surface area contributed by atoms with Crippen molar-refractivity contribution in [3.05, 3.63) is 12.7 Å². The van der Waals surface area contributed by atoms with Crippen molar-refractivity contribution >= 4 is 5.97 Å². The Morgan fingerprint density at radius 2 is 2.07 bits per heavy atom. The molecule has 0 aromatic heterocycles. The standard InChI is InChI=1S/C6H14O2.C4H6O3/c1-2-3-4-5-6(7)8;1-3-4(5)7-6-2/h6-8H,2-5H2,1H3;3H,1H2,2H3. The average molecular weight is 220 g/mol. The molecule has 0 unspecified atom stereocenters. The fourth-order valence-corrected chi connectivity index (χ4v) is 0.693. The van der Waals surface area contributed by atoms with Crippen LogP contribution in [0.1, 0.15) is 32.6 Å². The molecule has 0 fully saturated rings. The van der Waals surface area contributed by atoms with E-state index in [1.807, 2.05) is 0 Å². The number of hydrogen-bond donors (Lipinski definition) is 2. The van der Waals surface area contributed by atoms with E-state index >= 15 is 0 Å². The van der Waals surface area contributed by atoms with Crippen molar-refractivity contribution in [1.82, 2.24) is 0 Å². The van der Waals surface area contributed by atoms with Crippen LogP contribution >= 0.6 is 0 Å². The van der Waals surface area contributed by atoms with E-state index < -0.39 is 12.3 Å². The summed E-state index contributed by atoms with van der Waals surface area (Å²) in [6.45, 7) is 5.21. The molecule has 0 aliphatic heterocycles. The summed E-state index contributed by atoms with van der Waals surface area (Å²) in [6, 6.07) is 0. The molecular formula is C10H20O5. The number of hydrogen-bond acceptors (Lipinski definition) is 5. The van der Waals surface area contributed by atoms with Crippen molar-refractivity contribution in [3.63, 3.8) is 0 Å². The molecular weight excluding hydrogens is 200 g/mol. The molecule has 0 heterocycles. The molecule has 15 heavy (non-hydrogen) atoms. The fraction of sp³-hybridized carbons (Fsp3) is 0.700. The highest BCUT2D eigenvalue weighted by atomic mass is 17.2. The van der Waals surface area contributed by atoms with Gasteiger partial charge >= 0.3 is 5.97 Å². The van der Waals surface area contributed by atoms with Gasteiger partial charge in [-0.3, -0.25) is 4.89 Å². The van der Waals surface area contributed by atoms with E-state index in [1.54, 1.807) is 0 Å². The Morgan fingerprint density at radius 3 is 2.33 bits per heavy atom. The number of aliphatic hydroxyl groups excluding tert-OH is 1. The van der Waals surface area contributed by atoms with Crippen molar-refractivity contribution in [3.8, 4) is 0 Å². The normalized spacial score (nSPS) is 9.13. The highest BCUT2D eigenvalue weighted by molar-refractivity contribution is 5.80. The van der Waals surface area contributed by atoms with E-state index in [0.717, 1.165) is 25.3 Å². The molecule has 90 valence electrons. The third-order valence-electron chi connectivity index (χ3n) is 1.40. The summed E-state index contributed by atoms with van der Waals surface area (Å²) in [5, 5.41) is 16.7. The fourth-order valence-electron chi connectivity index (χ4n) is 0.693. The van der Waals surface area contributed by atoms with Crippen molar-refractivity contribution in [2.75, 3.05) is 7.11 Å². The lowest BCUT2D eigenvalue weighted by Gasteiger charge is -1.99. The summed E-state index contributed by atoms with van der Waals surface area (Å²) in [6.07, 6.45) is 3.59. The summed E-state index contributed by atoms with van der Waals surface area (Å²) in [5.74, 6) is -0.581. The zero-order chi connectivity index (χ0) is 12.1. The second-order valence-corrected chi connectivity index (χ2v) is 2.75. The highest BCUT2D eigenvalue weighted by Gasteiger charge is 1.93. The Hall–Kier alpha value is -0.910. The van der Waals surface area contributed by atoms with Gasteiger partial charge in [0.1, 0.15) is 0 Å². The molecule has 5 nitrogen and oxygen atoms in total. The van der Waals surface area contributed by atoms with Crippen molar-refractivity contribution in [2.24, 2.45) is 0 Å². The molecule has 0 spiro atoms. The van der Waals surface area contributed by atoms with Crippen LogP contribution in [0.5, 0.6) is 0 Å². The number of rotatable bonds is 6. The Labute approximate surface area is 90.2 Å². The van der Waals surface area contributed by atoms with Crippen LogP contribution in [0.4, 0.5) is 0 Å². The minimum atomic E-state index is -1.10. The van der Waals surface area contributed by atoms with E-state index in [4.69, 9.17) is 10.2 Å². The maximum absolute atomic E-state index is 9.95. The maximum atomic E-state index is 9.95. The Morgan fingerprint density at radius 1 is 1.47 bits per heavy atom. The van der Waals surface area contributed by atoms with Gasteiger partial charge in [0.25, 0.3) is 0 Å². The molecule has 0 bridgehead atoms. The van der Waals surface area contributed by atoms with Crippen LogP contribution < -0.4 is 0 Å². The first kappa shape index (κ1) is 16.5. The van der Waals surface area contributed by atoms with Crippen LogP contribution in [0.3, 0.4) is 0 Å². The van der Waals surface area contributed by atoms with Gasteiger partial charge in [-0.1, -0.05) is 26.3 Å². The third kappa shape index (κ3) is 19.5. The van der Waals surface area contributed by atoms with E-state index in [9.17, 15) is 4.79 Å². The van der Waals surface area contributed by atoms with Gasteiger partial charge in [-0.15, -0.1) is 0 Å². The molecule has 0 atom stereocenters. The van der Waals surface area contributed by atoms with E-state index in [2.05, 4.69) is 23.3 Å². The Kier molecular flexibility index (Phi) is 14.4. The lowest BCUT2D eigenvalue weighted by molar-refractivity contribution is -0.249. The average Bonchev–Trinajstić information content (AvgIpc) is 2.19. The quantitative estimate of drug-likeness (QED) is 0.231. The zero-order valence-electron chi connectivity index (χ0n) is 9.31. The van der Waals surface area contributed by atoms with Gasteiger partial charge in [0.15, 0.2) is 6.29 Å². The zero-order valence-corrected chi connectivity index (χ0v) is 9.31. The van der Waals surface area contributed by atoms with Crippen molar-refractivity contribution in [2.45, 2.75) is 38.9 Å². The van der Waals surface area contributed by atoms with E-state index in [-0.39, 0.29) is 0 Å². The smallest absolute Gasteiger partial charge is 0.365 e. The molecule has 0 amide bonds. The highest BCUT2D eigenvalue weighted by Crippen LogP contribution is 1.99. The number of carbonyl (C=O) groups is 1. The van der Waals surface area contributed by atoms with Crippen LogP contribution in [0.2, 0.25) is 0 Å². The molecule has 0 aromatic rings. The van der Waals surface area contributed by atoms with Crippen LogP contribution in [0.25, 0.3) is 0 Å². The van der Waals surface area contributed by atoms with Crippen molar-refractivity contribution in [1.29, 1.82) is 0 Å². The van der Waals surface area contributed by atoms with Crippen LogP contribution in [0.15, 0.2) is 12.7 Å². The molecule has 0 aromatic carbocycles. The number of carbonyl (C=O) groups excluding carboxylic acids is 1. The minimum absolute atomic E-state index is 0.522. The molecule has 2 N–H and O–H groups in total. The predicted octanol–water partition coefficient (Wildman–Crippen LogP) is 1.15. The monoisotopic (exact) mass is 220 g/mol. The van der Waals surface area contributed by atoms with Crippen molar-refractivity contribution < 1.29 is 24.8 Å². The number of unbranched alkanes of at least 4 members (excludes halogenated alkanes) is 2. The predicted molar refractivity (Wildman–Crippen MR) is 55.7 cm³/mol. The molecule has 0 aliphatic carbocycles. The van der Waals surface area contributed by atoms with Gasteiger partial charge < -0.3 is 10.2 Å². The second-order valence-electron chi connectivity index (χ2n) is 2.75. The SMILES string of the molecule is C=CC(=O)OOC.CCCCCC(O)O. The third-order valence-corrected chi connectivity index (χ3v) is 1.40. The first-order chi connectivity index (χ1) is 7.08. The first-order valence-corrected chi connectivity index (χ1v) is 4.81. The van der Waals surface area contributed by atoms with Crippen LogP contribution in [-0.4, -0.2) is 29.6 Å². The second kappa shape index (κ2) is 13.1. The van der Waals surface area contributed by atoms with E-state index in [1.165, 1.54) is 7.11 Å². The molecule has 5 heteroatoms. The van der Waals surface area contributed by atoms with Gasteiger partial charge in [-0.2, -0.15) is 4.89 Å². The largest absolute Gasteiger partial charge is 0.368 e. The maximum Gasteiger partial charge on any atom is 0.365 e.